The highest BCUT2D eigenvalue weighted by Crippen LogP contribution is 2.24. The largest absolute Gasteiger partial charge is 0.480 e. The van der Waals surface area contributed by atoms with E-state index in [1.807, 2.05) is 48.5 Å². The third kappa shape index (κ3) is 13.1. The number of hydrogen-bond acceptors (Lipinski definition) is 11. The molecule has 0 aliphatic carbocycles. The summed E-state index contributed by atoms with van der Waals surface area (Å²) in [6.07, 6.45) is 1.43. The van der Waals surface area contributed by atoms with Crippen molar-refractivity contribution in [2.45, 2.75) is 108 Å². The Bertz CT molecular complexity index is 2390. The first-order valence-electron chi connectivity index (χ1n) is 21.8. The van der Waals surface area contributed by atoms with Crippen molar-refractivity contribution in [1.29, 1.82) is 0 Å². The number of aromatic amines is 2. The van der Waals surface area contributed by atoms with Crippen molar-refractivity contribution in [2.24, 2.45) is 11.7 Å². The van der Waals surface area contributed by atoms with Crippen LogP contribution in [-0.2, 0) is 51.2 Å². The number of nitrogens with one attached hydrogen (secondary N) is 8. The highest BCUT2D eigenvalue weighted by molar-refractivity contribution is 5.97. The van der Waals surface area contributed by atoms with Gasteiger partial charge in [0, 0.05) is 47.2 Å². The van der Waals surface area contributed by atoms with Crippen LogP contribution in [0.3, 0.4) is 0 Å². The number of hydrogen-bond donors (Lipinski definition) is 12. The van der Waals surface area contributed by atoms with Gasteiger partial charge in [0.05, 0.1) is 31.3 Å². The molecule has 1 saturated heterocycles. The predicted molar refractivity (Wildman–Crippen MR) is 241 cm³/mol. The molecule has 66 heavy (non-hydrogen) atoms. The van der Waals surface area contributed by atoms with Crippen molar-refractivity contribution in [3.8, 4) is 0 Å². The molecule has 2 aromatic heterocycles. The minimum atomic E-state index is -1.64. The molecule has 0 saturated carbocycles. The van der Waals surface area contributed by atoms with E-state index in [0.717, 1.165) is 27.4 Å². The highest BCUT2D eigenvalue weighted by atomic mass is 16.4. The standard InChI is InChI=1S/C45H60N10O11/c1-23(2)16-33(41(61)52-34(44(64)55-15-9-14-35(55)45(65)66)18-27-20-48-32-13-8-6-11-29(27)32)51-43(63)39(25(4)57)54-37(59)22-50-42(62)38(24(3)56)53-36(58)21-49-40(60)30(46)17-26-19-47-31-12-7-5-10-28(26)31/h5-8,10-13,19-20,23-25,30,33-35,38-39,47-48,56-57H,9,14-18,21-22,46H2,1-4H3,(H,49,60)(H,50,62)(H,51,63)(H,52,61)(H,53,58)(H,54,59)(H,65,66)/t24-,25-,30+,33+,34+,35+,38+,39+/m1/s1. The van der Waals surface area contributed by atoms with E-state index in [0.29, 0.717) is 12.0 Å². The van der Waals surface area contributed by atoms with Crippen LogP contribution in [-0.4, -0.2) is 146 Å². The first kappa shape index (κ1) is 50.2. The van der Waals surface area contributed by atoms with E-state index in [-0.39, 0.29) is 38.1 Å². The fraction of sp³-hybridized carbons (Fsp3) is 0.467. The van der Waals surface area contributed by atoms with E-state index in [1.165, 1.54) is 18.7 Å². The summed E-state index contributed by atoms with van der Waals surface area (Å²) in [5.41, 5.74) is 9.24. The number of likely N-dealkylation sites (tertiary alicyclic amines) is 1. The average molecular weight is 917 g/mol. The molecule has 21 nitrogen and oxygen atoms in total. The lowest BCUT2D eigenvalue weighted by Crippen LogP contribution is -2.60. The summed E-state index contributed by atoms with van der Waals surface area (Å²) in [4.78, 5) is 113. The monoisotopic (exact) mass is 916 g/mol. The van der Waals surface area contributed by atoms with E-state index in [9.17, 15) is 53.7 Å². The molecule has 2 aromatic carbocycles. The summed E-state index contributed by atoms with van der Waals surface area (Å²) in [5, 5.41) is 47.0. The molecule has 1 aliphatic heterocycles. The van der Waals surface area contributed by atoms with Crippen LogP contribution < -0.4 is 37.6 Å². The zero-order valence-electron chi connectivity index (χ0n) is 37.3. The fourth-order valence-electron chi connectivity index (χ4n) is 7.91. The number of aliphatic carboxylic acids is 1. The number of para-hydroxylation sites is 2. The number of nitrogens with two attached hydrogens (primary N) is 1. The van der Waals surface area contributed by atoms with Gasteiger partial charge in [-0.1, -0.05) is 50.2 Å². The summed E-state index contributed by atoms with van der Waals surface area (Å²) in [6, 6.07) is 7.02. The fourth-order valence-corrected chi connectivity index (χ4v) is 7.91. The Labute approximate surface area is 380 Å². The Morgan fingerprint density at radius 1 is 0.682 bits per heavy atom. The van der Waals surface area contributed by atoms with Crippen molar-refractivity contribution in [1.82, 2.24) is 46.8 Å². The molecule has 1 fully saturated rings. The zero-order valence-corrected chi connectivity index (χ0v) is 37.3. The number of aromatic nitrogens is 2. The van der Waals surface area contributed by atoms with Gasteiger partial charge in [-0.2, -0.15) is 0 Å². The van der Waals surface area contributed by atoms with Gasteiger partial charge in [0.25, 0.3) is 0 Å². The Morgan fingerprint density at radius 3 is 1.71 bits per heavy atom. The lowest BCUT2D eigenvalue weighted by atomic mass is 9.99. The van der Waals surface area contributed by atoms with Gasteiger partial charge in [0.2, 0.25) is 41.4 Å². The van der Waals surface area contributed by atoms with Crippen LogP contribution in [0.2, 0.25) is 0 Å². The zero-order chi connectivity index (χ0) is 48.2. The third-order valence-electron chi connectivity index (χ3n) is 11.3. The Kier molecular flexibility index (Phi) is 17.4. The maximum absolute atomic E-state index is 14.0. The van der Waals surface area contributed by atoms with Crippen molar-refractivity contribution in [3.05, 3.63) is 72.1 Å². The van der Waals surface area contributed by atoms with Crippen LogP contribution in [0, 0.1) is 5.92 Å². The molecule has 0 spiro atoms. The predicted octanol–water partition coefficient (Wildman–Crippen LogP) is -1.18. The van der Waals surface area contributed by atoms with Crippen molar-refractivity contribution in [2.75, 3.05) is 19.6 Å². The number of aliphatic hydroxyl groups excluding tert-OH is 2. The van der Waals surface area contributed by atoms with Crippen LogP contribution in [0.15, 0.2) is 60.9 Å². The van der Waals surface area contributed by atoms with Crippen LogP contribution in [0.1, 0.15) is 58.1 Å². The summed E-state index contributed by atoms with van der Waals surface area (Å²) >= 11 is 0. The maximum Gasteiger partial charge on any atom is 0.326 e. The van der Waals surface area contributed by atoms with Gasteiger partial charge in [0.1, 0.15) is 30.2 Å². The van der Waals surface area contributed by atoms with Gasteiger partial charge in [-0.05, 0) is 68.7 Å². The van der Waals surface area contributed by atoms with Crippen LogP contribution in [0.4, 0.5) is 0 Å². The molecular formula is C45H60N10O11. The molecule has 0 radical (unpaired) electrons. The summed E-state index contributed by atoms with van der Waals surface area (Å²) in [7, 11) is 0. The third-order valence-corrected chi connectivity index (χ3v) is 11.3. The van der Waals surface area contributed by atoms with Crippen molar-refractivity contribution in [3.63, 3.8) is 0 Å². The molecule has 21 heteroatoms. The molecule has 8 atom stereocenters. The number of nitrogens with zero attached hydrogens (tertiary/aromatic N) is 1. The number of carboxylic acids is 1. The smallest absolute Gasteiger partial charge is 0.326 e. The second kappa shape index (κ2) is 22.9. The van der Waals surface area contributed by atoms with Crippen LogP contribution >= 0.6 is 0 Å². The Balaban J connectivity index is 1.17. The molecule has 5 rings (SSSR count). The first-order valence-corrected chi connectivity index (χ1v) is 21.8. The molecule has 1 aliphatic rings. The Morgan fingerprint density at radius 2 is 1.18 bits per heavy atom. The number of carbonyl (C=O) groups excluding carboxylic acids is 7. The minimum absolute atomic E-state index is 0.00415. The molecule has 13 N–H and O–H groups in total. The average Bonchev–Trinajstić information content (AvgIpc) is 4.04. The molecule has 0 unspecified atom stereocenters. The number of carboxylic acid groups (broad SMARTS) is 1. The van der Waals surface area contributed by atoms with Crippen molar-refractivity contribution < 1.29 is 53.7 Å². The topological polar surface area (TPSA) is 330 Å². The highest BCUT2D eigenvalue weighted by Gasteiger charge is 2.39. The lowest BCUT2D eigenvalue weighted by Gasteiger charge is -2.30. The van der Waals surface area contributed by atoms with Gasteiger partial charge >= 0.3 is 5.97 Å². The first-order chi connectivity index (χ1) is 31.3. The van der Waals surface area contributed by atoms with E-state index in [4.69, 9.17) is 5.73 Å². The van der Waals surface area contributed by atoms with E-state index in [1.54, 1.807) is 26.2 Å². The van der Waals surface area contributed by atoms with Gasteiger partial charge in [-0.3, -0.25) is 33.6 Å². The summed E-state index contributed by atoms with van der Waals surface area (Å²) in [5.74, 6) is -7.09. The van der Waals surface area contributed by atoms with Gasteiger partial charge < -0.3 is 67.8 Å². The summed E-state index contributed by atoms with van der Waals surface area (Å²) in [6.45, 7) is 4.85. The number of benzene rings is 2. The number of H-pyrrole nitrogens is 2. The molecular weight excluding hydrogens is 857 g/mol. The molecule has 356 valence electrons. The van der Waals surface area contributed by atoms with Gasteiger partial charge in [-0.25, -0.2) is 4.79 Å². The second-order valence-corrected chi connectivity index (χ2v) is 17.0. The number of carbonyl (C=O) groups is 8. The minimum Gasteiger partial charge on any atom is -0.480 e. The van der Waals surface area contributed by atoms with Crippen molar-refractivity contribution >= 4 is 69.1 Å². The lowest BCUT2D eigenvalue weighted by molar-refractivity contribution is -0.149. The van der Waals surface area contributed by atoms with E-state index < -0.39 is 109 Å². The normalized spacial score (nSPS) is 16.9. The van der Waals surface area contributed by atoms with E-state index in [2.05, 4.69) is 41.9 Å². The molecule has 3 heterocycles. The van der Waals surface area contributed by atoms with E-state index >= 15 is 0 Å². The number of amides is 7. The number of fused-ring (bicyclic) bond motifs is 2. The Hall–Kier alpha value is -6.84. The van der Waals surface area contributed by atoms with Gasteiger partial charge in [0.15, 0.2) is 0 Å². The molecule has 4 aromatic rings. The van der Waals surface area contributed by atoms with Crippen LogP contribution in [0.5, 0.6) is 0 Å². The SMILES string of the molecule is CC(C)C[C@H](NC(=O)[C@@H](NC(=O)CNC(=O)[C@@H](NC(=O)CNC(=O)[C@@H](N)Cc1c[nH]c2ccccc12)[C@@H](C)O)[C@@H](C)O)C(=O)N[C@@H](Cc1c[nH]c2ccccc12)C(=O)N1CCC[C@H]1C(=O)O. The number of rotatable bonds is 22. The second-order valence-electron chi connectivity index (χ2n) is 17.0. The molecule has 0 bridgehead atoms. The quantitative estimate of drug-likeness (QED) is 0.0443. The molecule has 7 amide bonds. The number of aliphatic hydroxyl groups is 2. The maximum atomic E-state index is 14.0. The van der Waals surface area contributed by atoms with Crippen LogP contribution in [0.25, 0.3) is 21.8 Å². The summed E-state index contributed by atoms with van der Waals surface area (Å²) < 4.78 is 0. The van der Waals surface area contributed by atoms with Gasteiger partial charge in [-0.15, -0.1) is 0 Å².